The Bertz CT molecular complexity index is 847. The predicted molar refractivity (Wildman–Crippen MR) is 116 cm³/mol. The molecule has 156 valence electrons. The quantitative estimate of drug-likeness (QED) is 0.673. The second-order valence-corrected chi connectivity index (χ2v) is 9.18. The molecule has 4 nitrogen and oxygen atoms in total. The van der Waals surface area contributed by atoms with Crippen LogP contribution in [0.1, 0.15) is 38.8 Å². The lowest BCUT2D eigenvalue weighted by Crippen LogP contribution is -2.52. The zero-order valence-corrected chi connectivity index (χ0v) is 18.5. The van der Waals surface area contributed by atoms with Gasteiger partial charge in [0.25, 0.3) is 0 Å². The van der Waals surface area contributed by atoms with Crippen molar-refractivity contribution in [1.29, 1.82) is 0 Å². The Balaban J connectivity index is 2.18. The highest BCUT2D eigenvalue weighted by Crippen LogP contribution is 2.21. The minimum atomic E-state index is -0.722. The van der Waals surface area contributed by atoms with Crippen LogP contribution in [-0.4, -0.2) is 34.0 Å². The van der Waals surface area contributed by atoms with E-state index in [-0.39, 0.29) is 29.9 Å². The maximum atomic E-state index is 14.2. The molecule has 0 heterocycles. The first-order chi connectivity index (χ1) is 13.6. The minimum absolute atomic E-state index is 0.0404. The Hall–Kier alpha value is -2.34. The molecule has 0 aliphatic heterocycles. The van der Waals surface area contributed by atoms with Crippen LogP contribution in [0.15, 0.2) is 53.4 Å². The van der Waals surface area contributed by atoms with Crippen LogP contribution in [0.25, 0.3) is 0 Å². The minimum Gasteiger partial charge on any atom is -0.350 e. The summed E-state index contributed by atoms with van der Waals surface area (Å²) in [4.78, 5) is 28.1. The van der Waals surface area contributed by atoms with Crippen LogP contribution in [0.2, 0.25) is 0 Å². The van der Waals surface area contributed by atoms with Crippen LogP contribution < -0.4 is 5.32 Å². The van der Waals surface area contributed by atoms with Gasteiger partial charge in [0.2, 0.25) is 11.8 Å². The number of rotatable bonds is 7. The summed E-state index contributed by atoms with van der Waals surface area (Å²) in [6.45, 7) is 9.37. The van der Waals surface area contributed by atoms with Gasteiger partial charge in [-0.1, -0.05) is 35.9 Å². The molecule has 1 atom stereocenters. The number of carbonyl (C=O) groups excluding carboxylic acids is 2. The van der Waals surface area contributed by atoms with Gasteiger partial charge in [-0.25, -0.2) is 4.39 Å². The number of amides is 2. The van der Waals surface area contributed by atoms with Gasteiger partial charge in [-0.2, -0.15) is 0 Å². The number of aryl methyl sites for hydroxylation is 1. The van der Waals surface area contributed by atoms with E-state index in [1.807, 2.05) is 52.0 Å². The molecule has 0 saturated carbocycles. The maximum absolute atomic E-state index is 14.2. The van der Waals surface area contributed by atoms with Crippen LogP contribution in [0, 0.1) is 12.7 Å². The first-order valence-corrected chi connectivity index (χ1v) is 10.6. The smallest absolute Gasteiger partial charge is 0.242 e. The van der Waals surface area contributed by atoms with Gasteiger partial charge in [-0.05, 0) is 52.8 Å². The van der Waals surface area contributed by atoms with Crippen LogP contribution >= 0.6 is 11.8 Å². The van der Waals surface area contributed by atoms with Crippen molar-refractivity contribution in [1.82, 2.24) is 10.2 Å². The molecule has 0 aliphatic carbocycles. The lowest BCUT2D eigenvalue weighted by atomic mass is 10.1. The molecule has 2 aromatic rings. The number of benzene rings is 2. The number of carbonyl (C=O) groups is 2. The second kappa shape index (κ2) is 9.92. The lowest BCUT2D eigenvalue weighted by molar-refractivity contribution is -0.139. The molecule has 0 unspecified atom stereocenters. The molecule has 0 aromatic heterocycles. The van der Waals surface area contributed by atoms with Crippen molar-refractivity contribution in [3.63, 3.8) is 0 Å². The number of nitrogens with zero attached hydrogens (tertiary/aromatic N) is 1. The fourth-order valence-corrected chi connectivity index (χ4v) is 3.51. The third-order valence-electron chi connectivity index (χ3n) is 4.35. The molecule has 2 aromatic carbocycles. The molecule has 1 N–H and O–H groups in total. The third kappa shape index (κ3) is 7.20. The van der Waals surface area contributed by atoms with E-state index in [1.54, 1.807) is 25.1 Å². The highest BCUT2D eigenvalue weighted by Gasteiger charge is 2.28. The Morgan fingerprint density at radius 2 is 1.72 bits per heavy atom. The van der Waals surface area contributed by atoms with E-state index < -0.39 is 11.6 Å². The van der Waals surface area contributed by atoms with Crippen molar-refractivity contribution in [2.75, 3.05) is 5.75 Å². The molecule has 29 heavy (non-hydrogen) atoms. The van der Waals surface area contributed by atoms with Crippen LogP contribution in [0.5, 0.6) is 0 Å². The van der Waals surface area contributed by atoms with Crippen molar-refractivity contribution in [3.05, 3.63) is 65.5 Å². The number of hydrogen-bond donors (Lipinski definition) is 1. The molecule has 0 aliphatic rings. The van der Waals surface area contributed by atoms with Gasteiger partial charge in [0.15, 0.2) is 0 Å². The van der Waals surface area contributed by atoms with E-state index >= 15 is 0 Å². The summed E-state index contributed by atoms with van der Waals surface area (Å²) in [7, 11) is 0. The highest BCUT2D eigenvalue weighted by molar-refractivity contribution is 8.00. The summed E-state index contributed by atoms with van der Waals surface area (Å²) in [6, 6.07) is 13.5. The third-order valence-corrected chi connectivity index (χ3v) is 5.34. The van der Waals surface area contributed by atoms with Gasteiger partial charge < -0.3 is 10.2 Å². The number of hydrogen-bond acceptors (Lipinski definition) is 3. The molecular weight excluding hydrogens is 387 g/mol. The first-order valence-electron chi connectivity index (χ1n) is 9.61. The largest absolute Gasteiger partial charge is 0.350 e. The fraction of sp³-hybridized carbons (Fsp3) is 0.391. The second-order valence-electron chi connectivity index (χ2n) is 8.13. The molecule has 0 radical (unpaired) electrons. The number of halogens is 1. The Kier molecular flexibility index (Phi) is 7.85. The lowest BCUT2D eigenvalue weighted by Gasteiger charge is -2.31. The molecular formula is C23H29FN2O2S. The van der Waals surface area contributed by atoms with Crippen molar-refractivity contribution in [3.8, 4) is 0 Å². The zero-order valence-electron chi connectivity index (χ0n) is 17.7. The van der Waals surface area contributed by atoms with Gasteiger partial charge >= 0.3 is 0 Å². The van der Waals surface area contributed by atoms with Gasteiger partial charge in [-0.15, -0.1) is 11.8 Å². The average molecular weight is 417 g/mol. The topological polar surface area (TPSA) is 49.4 Å². The summed E-state index contributed by atoms with van der Waals surface area (Å²) in [6.07, 6.45) is 0. The Labute approximate surface area is 176 Å². The van der Waals surface area contributed by atoms with E-state index in [2.05, 4.69) is 5.32 Å². The van der Waals surface area contributed by atoms with Crippen LogP contribution in [0.4, 0.5) is 4.39 Å². The monoisotopic (exact) mass is 416 g/mol. The van der Waals surface area contributed by atoms with E-state index in [9.17, 15) is 14.0 Å². The fourth-order valence-electron chi connectivity index (χ4n) is 2.73. The molecule has 6 heteroatoms. The molecule has 2 rings (SSSR count). The number of nitrogens with one attached hydrogen (secondary N) is 1. The maximum Gasteiger partial charge on any atom is 0.242 e. The summed E-state index contributed by atoms with van der Waals surface area (Å²) < 4.78 is 14.2. The van der Waals surface area contributed by atoms with E-state index in [0.29, 0.717) is 5.56 Å². The summed E-state index contributed by atoms with van der Waals surface area (Å²) in [5.41, 5.74) is 1.11. The van der Waals surface area contributed by atoms with Gasteiger partial charge in [0, 0.05) is 22.5 Å². The molecule has 0 saturated heterocycles. The van der Waals surface area contributed by atoms with Crippen molar-refractivity contribution in [2.45, 2.75) is 57.6 Å². The molecule has 2 amide bonds. The van der Waals surface area contributed by atoms with Crippen molar-refractivity contribution >= 4 is 23.6 Å². The van der Waals surface area contributed by atoms with Gasteiger partial charge in [0.05, 0.1) is 5.75 Å². The van der Waals surface area contributed by atoms with E-state index in [0.717, 1.165) is 10.5 Å². The first kappa shape index (κ1) is 22.9. The predicted octanol–water partition coefficient (Wildman–Crippen LogP) is 4.56. The zero-order chi connectivity index (χ0) is 21.6. The van der Waals surface area contributed by atoms with Crippen molar-refractivity contribution < 1.29 is 14.0 Å². The van der Waals surface area contributed by atoms with Gasteiger partial charge in [0.1, 0.15) is 11.9 Å². The summed E-state index contributed by atoms with van der Waals surface area (Å²) in [5.74, 6) is -0.692. The number of thioether (sulfide) groups is 1. The Morgan fingerprint density at radius 3 is 2.31 bits per heavy atom. The van der Waals surface area contributed by atoms with Gasteiger partial charge in [-0.3, -0.25) is 9.59 Å². The Morgan fingerprint density at radius 1 is 1.10 bits per heavy atom. The molecule has 0 fully saturated rings. The highest BCUT2D eigenvalue weighted by atomic mass is 32.2. The van der Waals surface area contributed by atoms with E-state index in [4.69, 9.17) is 0 Å². The van der Waals surface area contributed by atoms with Crippen molar-refractivity contribution in [2.24, 2.45) is 0 Å². The standard InChI is InChI=1S/C23H29FN2O2S/c1-16-10-12-19(13-11-16)29-15-21(27)26(14-18-8-6-7-9-20(18)24)17(2)22(28)25-23(3,4)5/h6-13,17H,14-15H2,1-5H3,(H,25,28)/t17-/m0/s1. The summed E-state index contributed by atoms with van der Waals surface area (Å²) >= 11 is 1.41. The molecule has 0 bridgehead atoms. The van der Waals surface area contributed by atoms with E-state index in [1.165, 1.54) is 22.7 Å². The van der Waals surface area contributed by atoms with Crippen LogP contribution in [0.3, 0.4) is 0 Å². The molecule has 0 spiro atoms. The van der Waals surface area contributed by atoms with Crippen LogP contribution in [-0.2, 0) is 16.1 Å². The summed E-state index contributed by atoms with van der Waals surface area (Å²) in [5, 5.41) is 2.90. The normalized spacial score (nSPS) is 12.3. The SMILES string of the molecule is Cc1ccc(SCC(=O)N(Cc2ccccc2F)[C@@H](C)C(=O)NC(C)(C)C)cc1. The average Bonchev–Trinajstić information content (AvgIpc) is 2.65.